The summed E-state index contributed by atoms with van der Waals surface area (Å²) in [5.41, 5.74) is 2.55. The summed E-state index contributed by atoms with van der Waals surface area (Å²) in [5.74, 6) is 0.891. The number of aromatic nitrogens is 4. The number of aromatic amines is 1. The van der Waals surface area contributed by atoms with Crippen molar-refractivity contribution in [2.24, 2.45) is 7.05 Å². The normalized spacial score (nSPS) is 19.8. The number of benzene rings is 1. The lowest BCUT2D eigenvalue weighted by atomic mass is 10.1. The van der Waals surface area contributed by atoms with Gasteiger partial charge in [-0.05, 0) is 17.0 Å². The minimum Gasteiger partial charge on any atom is -0.368 e. The molecule has 0 saturated carbocycles. The zero-order valence-corrected chi connectivity index (χ0v) is 12.6. The molecule has 3 heterocycles. The van der Waals surface area contributed by atoms with E-state index in [9.17, 15) is 0 Å². The van der Waals surface area contributed by atoms with Crippen LogP contribution in [0.2, 0.25) is 0 Å². The van der Waals surface area contributed by atoms with Gasteiger partial charge in [0.1, 0.15) is 12.4 Å². The van der Waals surface area contributed by atoms with E-state index in [4.69, 9.17) is 4.74 Å². The largest absolute Gasteiger partial charge is 0.368 e. The van der Waals surface area contributed by atoms with Crippen LogP contribution in [0.25, 0.3) is 10.9 Å². The molecular weight excluding hydrogens is 278 g/mol. The fourth-order valence-corrected chi connectivity index (χ4v) is 3.11. The van der Waals surface area contributed by atoms with Crippen LogP contribution in [0.5, 0.6) is 0 Å². The number of nitrogens with zero attached hydrogens (tertiary/aromatic N) is 4. The maximum atomic E-state index is 5.87. The van der Waals surface area contributed by atoms with Crippen molar-refractivity contribution >= 4 is 10.9 Å². The first-order chi connectivity index (χ1) is 10.8. The Kier molecular flexibility index (Phi) is 3.40. The van der Waals surface area contributed by atoms with Crippen LogP contribution in [0.3, 0.4) is 0 Å². The molecule has 6 heteroatoms. The maximum Gasteiger partial charge on any atom is 0.163 e. The molecule has 0 spiro atoms. The molecule has 1 saturated heterocycles. The van der Waals surface area contributed by atoms with Gasteiger partial charge in [-0.1, -0.05) is 18.2 Å². The second-order valence-electron chi connectivity index (χ2n) is 5.75. The van der Waals surface area contributed by atoms with Crippen molar-refractivity contribution in [1.82, 2.24) is 24.6 Å². The van der Waals surface area contributed by atoms with Crippen LogP contribution < -0.4 is 0 Å². The number of H-pyrrole nitrogens is 1. The topological polar surface area (TPSA) is 59.0 Å². The van der Waals surface area contributed by atoms with E-state index in [0.717, 1.165) is 32.1 Å². The third-order valence-corrected chi connectivity index (χ3v) is 4.25. The lowest BCUT2D eigenvalue weighted by molar-refractivity contribution is -0.0384. The Morgan fingerprint density at radius 3 is 3.18 bits per heavy atom. The Balaban J connectivity index is 1.53. The van der Waals surface area contributed by atoms with E-state index in [1.54, 1.807) is 6.33 Å². The molecule has 6 nitrogen and oxygen atoms in total. The third kappa shape index (κ3) is 2.40. The van der Waals surface area contributed by atoms with E-state index < -0.39 is 0 Å². The van der Waals surface area contributed by atoms with Gasteiger partial charge in [-0.15, -0.1) is 10.2 Å². The number of nitrogens with one attached hydrogen (secondary N) is 1. The number of ether oxygens (including phenoxy) is 1. The molecule has 114 valence electrons. The number of para-hydroxylation sites is 1. The third-order valence-electron chi connectivity index (χ3n) is 4.25. The quantitative estimate of drug-likeness (QED) is 0.802. The van der Waals surface area contributed by atoms with Crippen molar-refractivity contribution in [2.75, 3.05) is 19.7 Å². The number of hydrogen-bond acceptors (Lipinski definition) is 4. The molecule has 1 aliphatic heterocycles. The summed E-state index contributed by atoms with van der Waals surface area (Å²) in [6, 6.07) is 8.55. The van der Waals surface area contributed by atoms with Crippen LogP contribution in [0.15, 0.2) is 36.8 Å². The smallest absolute Gasteiger partial charge is 0.163 e. The van der Waals surface area contributed by atoms with Gasteiger partial charge in [-0.2, -0.15) is 0 Å². The highest BCUT2D eigenvalue weighted by Crippen LogP contribution is 2.23. The van der Waals surface area contributed by atoms with E-state index >= 15 is 0 Å². The second-order valence-corrected chi connectivity index (χ2v) is 5.75. The number of fused-ring (bicyclic) bond motifs is 1. The zero-order valence-electron chi connectivity index (χ0n) is 12.6. The Morgan fingerprint density at radius 2 is 2.32 bits per heavy atom. The van der Waals surface area contributed by atoms with Crippen LogP contribution >= 0.6 is 0 Å². The fourth-order valence-electron chi connectivity index (χ4n) is 3.11. The Hall–Kier alpha value is -2.18. The average molecular weight is 297 g/mol. The summed E-state index contributed by atoms with van der Waals surface area (Å²) in [5, 5.41) is 9.39. The van der Waals surface area contributed by atoms with E-state index in [1.165, 1.54) is 16.5 Å². The number of morpholine rings is 1. The van der Waals surface area contributed by atoms with Crippen molar-refractivity contribution in [2.45, 2.75) is 12.6 Å². The van der Waals surface area contributed by atoms with Gasteiger partial charge >= 0.3 is 0 Å². The van der Waals surface area contributed by atoms with E-state index in [0.29, 0.717) is 0 Å². The van der Waals surface area contributed by atoms with Gasteiger partial charge in [0.2, 0.25) is 0 Å². The van der Waals surface area contributed by atoms with E-state index in [2.05, 4.69) is 44.3 Å². The first-order valence-corrected chi connectivity index (χ1v) is 7.54. The SMILES string of the molecule is Cn1cnnc1[C@H]1CN(Cc2cccc3cc[nH]c23)CCO1. The summed E-state index contributed by atoms with van der Waals surface area (Å²) in [4.78, 5) is 5.76. The summed E-state index contributed by atoms with van der Waals surface area (Å²) in [6.07, 6.45) is 3.71. The minimum absolute atomic E-state index is 0.0101. The Morgan fingerprint density at radius 1 is 1.36 bits per heavy atom. The van der Waals surface area contributed by atoms with Gasteiger partial charge in [0, 0.05) is 38.4 Å². The molecule has 22 heavy (non-hydrogen) atoms. The van der Waals surface area contributed by atoms with Crippen molar-refractivity contribution in [3.63, 3.8) is 0 Å². The molecule has 4 rings (SSSR count). The standard InChI is InChI=1S/C16H19N5O/c1-20-11-18-19-16(20)14-10-21(7-8-22-14)9-13-4-2-3-12-5-6-17-15(12)13/h2-6,11,14,17H,7-10H2,1H3/t14-/m1/s1. The highest BCUT2D eigenvalue weighted by Gasteiger charge is 2.25. The fraction of sp³-hybridized carbons (Fsp3) is 0.375. The first-order valence-electron chi connectivity index (χ1n) is 7.54. The lowest BCUT2D eigenvalue weighted by Crippen LogP contribution is -2.38. The van der Waals surface area contributed by atoms with Crippen molar-refractivity contribution in [3.05, 3.63) is 48.2 Å². The summed E-state index contributed by atoms with van der Waals surface area (Å²) < 4.78 is 7.80. The molecule has 0 aliphatic carbocycles. The van der Waals surface area contributed by atoms with Crippen LogP contribution in [0.4, 0.5) is 0 Å². The number of rotatable bonds is 3. The highest BCUT2D eigenvalue weighted by molar-refractivity contribution is 5.82. The maximum absolute atomic E-state index is 5.87. The van der Waals surface area contributed by atoms with Gasteiger partial charge in [0.05, 0.1) is 6.61 Å². The van der Waals surface area contributed by atoms with E-state index in [1.807, 2.05) is 17.8 Å². The monoisotopic (exact) mass is 297 g/mol. The average Bonchev–Trinajstić information content (AvgIpc) is 3.17. The summed E-state index contributed by atoms with van der Waals surface area (Å²) >= 11 is 0. The second kappa shape index (κ2) is 5.55. The van der Waals surface area contributed by atoms with Crippen LogP contribution in [-0.2, 0) is 18.3 Å². The van der Waals surface area contributed by atoms with Crippen molar-refractivity contribution in [3.8, 4) is 0 Å². The molecule has 0 bridgehead atoms. The molecular formula is C16H19N5O. The molecule has 3 aromatic rings. The van der Waals surface area contributed by atoms with Gasteiger partial charge in [-0.25, -0.2) is 0 Å². The number of hydrogen-bond donors (Lipinski definition) is 1. The van der Waals surface area contributed by atoms with Crippen LogP contribution in [-0.4, -0.2) is 44.3 Å². The molecule has 0 radical (unpaired) electrons. The molecule has 2 aromatic heterocycles. The molecule has 1 fully saturated rings. The number of aryl methyl sites for hydroxylation is 1. The predicted molar refractivity (Wildman–Crippen MR) is 83.3 cm³/mol. The van der Waals surface area contributed by atoms with Gasteiger partial charge in [0.25, 0.3) is 0 Å². The summed E-state index contributed by atoms with van der Waals surface area (Å²) in [6.45, 7) is 3.41. The van der Waals surface area contributed by atoms with Crippen molar-refractivity contribution < 1.29 is 4.74 Å². The van der Waals surface area contributed by atoms with Crippen LogP contribution in [0.1, 0.15) is 17.5 Å². The first kappa shape index (κ1) is 13.5. The van der Waals surface area contributed by atoms with Gasteiger partial charge in [-0.3, -0.25) is 4.90 Å². The van der Waals surface area contributed by atoms with Gasteiger partial charge in [0.15, 0.2) is 5.82 Å². The molecule has 1 aliphatic rings. The Labute approximate surface area is 128 Å². The van der Waals surface area contributed by atoms with Crippen molar-refractivity contribution in [1.29, 1.82) is 0 Å². The van der Waals surface area contributed by atoms with Crippen LogP contribution in [0, 0.1) is 0 Å². The minimum atomic E-state index is -0.0101. The highest BCUT2D eigenvalue weighted by atomic mass is 16.5. The zero-order chi connectivity index (χ0) is 14.9. The lowest BCUT2D eigenvalue weighted by Gasteiger charge is -2.32. The molecule has 1 atom stereocenters. The van der Waals surface area contributed by atoms with Gasteiger partial charge < -0.3 is 14.3 Å². The Bertz CT molecular complexity index is 778. The molecule has 1 aromatic carbocycles. The predicted octanol–water partition coefficient (Wildman–Crippen LogP) is 1.87. The molecule has 0 amide bonds. The molecule has 0 unspecified atom stereocenters. The summed E-state index contributed by atoms with van der Waals surface area (Å²) in [7, 11) is 1.96. The van der Waals surface area contributed by atoms with E-state index in [-0.39, 0.29) is 6.10 Å². The molecule has 1 N–H and O–H groups in total.